The van der Waals surface area contributed by atoms with Crippen LogP contribution in [0.5, 0.6) is 0 Å². The van der Waals surface area contributed by atoms with Crippen LogP contribution in [0, 0.1) is 0 Å². The zero-order valence-electron chi connectivity index (χ0n) is 13.2. The second-order valence-electron chi connectivity index (χ2n) is 4.72. The molecule has 0 aromatic heterocycles. The van der Waals surface area contributed by atoms with E-state index in [9.17, 15) is 4.79 Å². The average molecular weight is 290 g/mol. The van der Waals surface area contributed by atoms with Crippen LogP contribution >= 0.6 is 0 Å². The molecule has 0 bridgehead atoms. The zero-order chi connectivity index (χ0) is 15.5. The highest BCUT2D eigenvalue weighted by atomic mass is 16.1. The Kier molecular flexibility index (Phi) is 7.94. The Labute approximate surface area is 127 Å². The lowest BCUT2D eigenvalue weighted by atomic mass is 10.2. The molecule has 116 valence electrons. The summed E-state index contributed by atoms with van der Waals surface area (Å²) < 4.78 is 0. The number of amides is 1. The number of carbonyl (C=O) groups is 1. The molecule has 0 aliphatic rings. The van der Waals surface area contributed by atoms with Crippen molar-refractivity contribution in [2.45, 2.75) is 40.2 Å². The predicted molar refractivity (Wildman–Crippen MR) is 88.5 cm³/mol. The molecule has 0 unspecified atom stereocenters. The number of aliphatic imine (C=N–C) groups is 1. The van der Waals surface area contributed by atoms with Crippen molar-refractivity contribution in [3.05, 3.63) is 29.8 Å². The number of hydrogen-bond donors (Lipinski definition) is 3. The second kappa shape index (κ2) is 9.80. The monoisotopic (exact) mass is 290 g/mol. The number of rotatable bonds is 7. The van der Waals surface area contributed by atoms with E-state index < -0.39 is 0 Å². The largest absolute Gasteiger partial charge is 0.357 e. The van der Waals surface area contributed by atoms with Crippen molar-refractivity contribution in [3.8, 4) is 0 Å². The molecule has 0 saturated carbocycles. The number of nitrogens with one attached hydrogen (secondary N) is 3. The van der Waals surface area contributed by atoms with Crippen LogP contribution in [0.15, 0.2) is 29.3 Å². The van der Waals surface area contributed by atoms with Crippen molar-refractivity contribution in [1.29, 1.82) is 0 Å². The first kappa shape index (κ1) is 17.0. The van der Waals surface area contributed by atoms with Gasteiger partial charge in [0, 0.05) is 25.2 Å². The van der Waals surface area contributed by atoms with Gasteiger partial charge in [-0.3, -0.25) is 4.79 Å². The number of hydrogen-bond acceptors (Lipinski definition) is 2. The first-order valence-corrected chi connectivity index (χ1v) is 7.60. The zero-order valence-corrected chi connectivity index (χ0v) is 13.2. The van der Waals surface area contributed by atoms with Crippen LogP contribution in [0.25, 0.3) is 0 Å². The van der Waals surface area contributed by atoms with Crippen molar-refractivity contribution in [2.24, 2.45) is 4.99 Å². The standard InChI is InChI=1S/C16H26N4O/c1-4-8-15(21)20-14-10-7-9-13(11-14)12-19-16(17-5-2)18-6-3/h7,9-11H,4-6,8,12H2,1-3H3,(H,20,21)(H2,17,18,19). The molecule has 3 N–H and O–H groups in total. The summed E-state index contributed by atoms with van der Waals surface area (Å²) in [4.78, 5) is 16.1. The van der Waals surface area contributed by atoms with Crippen molar-refractivity contribution >= 4 is 17.6 Å². The van der Waals surface area contributed by atoms with Gasteiger partial charge in [0.25, 0.3) is 0 Å². The lowest BCUT2D eigenvalue weighted by Gasteiger charge is -2.10. The van der Waals surface area contributed by atoms with E-state index in [2.05, 4.69) is 20.9 Å². The molecule has 0 spiro atoms. The molecular weight excluding hydrogens is 264 g/mol. The van der Waals surface area contributed by atoms with Crippen molar-refractivity contribution in [2.75, 3.05) is 18.4 Å². The Morgan fingerprint density at radius 3 is 2.48 bits per heavy atom. The summed E-state index contributed by atoms with van der Waals surface area (Å²) in [5, 5.41) is 9.28. The Bertz CT molecular complexity index is 463. The highest BCUT2D eigenvalue weighted by molar-refractivity contribution is 5.90. The van der Waals surface area contributed by atoms with Crippen LogP contribution in [0.3, 0.4) is 0 Å². The fraction of sp³-hybridized carbons (Fsp3) is 0.500. The maximum Gasteiger partial charge on any atom is 0.224 e. The molecule has 0 fully saturated rings. The Balaban J connectivity index is 2.66. The molecule has 0 heterocycles. The molecule has 0 saturated heterocycles. The van der Waals surface area contributed by atoms with Gasteiger partial charge < -0.3 is 16.0 Å². The van der Waals surface area contributed by atoms with Crippen LogP contribution in [-0.2, 0) is 11.3 Å². The topological polar surface area (TPSA) is 65.5 Å². The Morgan fingerprint density at radius 1 is 1.14 bits per heavy atom. The molecule has 0 radical (unpaired) electrons. The molecular formula is C16H26N4O. The minimum atomic E-state index is 0.0548. The third-order valence-electron chi connectivity index (χ3n) is 2.80. The normalized spacial score (nSPS) is 9.86. The quantitative estimate of drug-likeness (QED) is 0.534. The SMILES string of the molecule is CCCC(=O)Nc1cccc(CN=C(NCC)NCC)c1. The summed E-state index contributed by atoms with van der Waals surface area (Å²) >= 11 is 0. The third kappa shape index (κ3) is 6.79. The highest BCUT2D eigenvalue weighted by Gasteiger charge is 2.02. The van der Waals surface area contributed by atoms with E-state index in [1.54, 1.807) is 0 Å². The average Bonchev–Trinajstić information content (AvgIpc) is 2.46. The van der Waals surface area contributed by atoms with Crippen LogP contribution in [-0.4, -0.2) is 25.0 Å². The van der Waals surface area contributed by atoms with Crippen LogP contribution in [0.2, 0.25) is 0 Å². The summed E-state index contributed by atoms with van der Waals surface area (Å²) in [7, 11) is 0. The van der Waals surface area contributed by atoms with Gasteiger partial charge in [-0.1, -0.05) is 19.1 Å². The lowest BCUT2D eigenvalue weighted by molar-refractivity contribution is -0.116. The van der Waals surface area contributed by atoms with Gasteiger partial charge >= 0.3 is 0 Å². The summed E-state index contributed by atoms with van der Waals surface area (Å²) in [5.74, 6) is 0.861. The van der Waals surface area contributed by atoms with Crippen LogP contribution < -0.4 is 16.0 Å². The van der Waals surface area contributed by atoms with Gasteiger partial charge in [-0.25, -0.2) is 4.99 Å². The maximum absolute atomic E-state index is 11.6. The number of benzene rings is 1. The van der Waals surface area contributed by atoms with Gasteiger partial charge in [0.1, 0.15) is 0 Å². The second-order valence-corrected chi connectivity index (χ2v) is 4.72. The summed E-state index contributed by atoms with van der Waals surface area (Å²) in [5.41, 5.74) is 1.90. The molecule has 1 aromatic carbocycles. The molecule has 1 amide bonds. The molecule has 0 aliphatic heterocycles. The van der Waals surface area contributed by atoms with Gasteiger partial charge in [0.15, 0.2) is 5.96 Å². The van der Waals surface area contributed by atoms with E-state index in [1.165, 1.54) is 0 Å². The van der Waals surface area contributed by atoms with Gasteiger partial charge in [-0.15, -0.1) is 0 Å². The van der Waals surface area contributed by atoms with Gasteiger partial charge in [-0.05, 0) is 38.0 Å². The van der Waals surface area contributed by atoms with Crippen LogP contribution in [0.4, 0.5) is 5.69 Å². The molecule has 1 rings (SSSR count). The Morgan fingerprint density at radius 2 is 1.86 bits per heavy atom. The molecule has 5 heteroatoms. The van der Waals surface area contributed by atoms with Gasteiger partial charge in [-0.2, -0.15) is 0 Å². The van der Waals surface area contributed by atoms with Gasteiger partial charge in [0.2, 0.25) is 5.91 Å². The maximum atomic E-state index is 11.6. The minimum absolute atomic E-state index is 0.0548. The predicted octanol–water partition coefficient (Wildman–Crippen LogP) is 2.50. The fourth-order valence-corrected chi connectivity index (χ4v) is 1.88. The van der Waals surface area contributed by atoms with Crippen molar-refractivity contribution < 1.29 is 4.79 Å². The fourth-order valence-electron chi connectivity index (χ4n) is 1.88. The highest BCUT2D eigenvalue weighted by Crippen LogP contribution is 2.12. The third-order valence-corrected chi connectivity index (χ3v) is 2.80. The first-order chi connectivity index (χ1) is 10.2. The summed E-state index contributed by atoms with van der Waals surface area (Å²) in [6.45, 7) is 8.31. The smallest absolute Gasteiger partial charge is 0.224 e. The summed E-state index contributed by atoms with van der Waals surface area (Å²) in [6, 6.07) is 7.81. The van der Waals surface area contributed by atoms with Crippen molar-refractivity contribution in [3.63, 3.8) is 0 Å². The number of anilines is 1. The van der Waals surface area contributed by atoms with Crippen LogP contribution in [0.1, 0.15) is 39.2 Å². The first-order valence-electron chi connectivity index (χ1n) is 7.60. The molecule has 5 nitrogen and oxygen atoms in total. The van der Waals surface area contributed by atoms with Gasteiger partial charge in [0.05, 0.1) is 6.54 Å². The molecule has 0 atom stereocenters. The molecule has 0 aliphatic carbocycles. The number of carbonyl (C=O) groups excluding carboxylic acids is 1. The van der Waals surface area contributed by atoms with E-state index in [-0.39, 0.29) is 5.91 Å². The lowest BCUT2D eigenvalue weighted by Crippen LogP contribution is -2.36. The van der Waals surface area contributed by atoms with E-state index in [4.69, 9.17) is 0 Å². The van der Waals surface area contributed by atoms with E-state index in [1.807, 2.05) is 45.0 Å². The number of guanidine groups is 1. The summed E-state index contributed by atoms with van der Waals surface area (Å²) in [6.07, 6.45) is 1.40. The number of nitrogens with zero attached hydrogens (tertiary/aromatic N) is 1. The van der Waals surface area contributed by atoms with E-state index >= 15 is 0 Å². The van der Waals surface area contributed by atoms with E-state index in [0.29, 0.717) is 13.0 Å². The molecule has 21 heavy (non-hydrogen) atoms. The Hall–Kier alpha value is -2.04. The van der Waals surface area contributed by atoms with Crippen molar-refractivity contribution in [1.82, 2.24) is 10.6 Å². The minimum Gasteiger partial charge on any atom is -0.357 e. The molecule has 1 aromatic rings. The van der Waals surface area contributed by atoms with E-state index in [0.717, 1.165) is 36.7 Å².